The zero-order valence-corrected chi connectivity index (χ0v) is 16.5. The number of carbonyl (C=O) groups is 2. The molecule has 6 heteroatoms. The zero-order chi connectivity index (χ0) is 19.8. The van der Waals surface area contributed by atoms with Gasteiger partial charge in [0.05, 0.1) is 11.7 Å². The molecule has 0 aromatic carbocycles. The molecule has 2 unspecified atom stereocenters. The van der Waals surface area contributed by atoms with Gasteiger partial charge in [0.2, 0.25) is 0 Å². The van der Waals surface area contributed by atoms with Crippen LogP contribution in [0.2, 0.25) is 0 Å². The van der Waals surface area contributed by atoms with Gasteiger partial charge in [0.1, 0.15) is 0 Å². The first-order valence-corrected chi connectivity index (χ1v) is 8.39. The summed E-state index contributed by atoms with van der Waals surface area (Å²) in [4.78, 5) is 21.5. The second-order valence-electron chi connectivity index (χ2n) is 5.60. The SMILES string of the molecule is CC(=O)O.CC(=O)OO.CC/C=C(/C)CC.CCC1OC1(C)CC. The van der Waals surface area contributed by atoms with Crippen LogP contribution in [0.1, 0.15) is 81.1 Å². The summed E-state index contributed by atoms with van der Waals surface area (Å²) in [5, 5.41) is 14.7. The van der Waals surface area contributed by atoms with Crippen LogP contribution in [-0.2, 0) is 19.2 Å². The number of allylic oxidation sites excluding steroid dienone is 2. The number of carboxylic acid groups (broad SMARTS) is 1. The van der Waals surface area contributed by atoms with Crippen molar-refractivity contribution in [1.29, 1.82) is 0 Å². The molecule has 0 aromatic heterocycles. The number of carboxylic acids is 1. The summed E-state index contributed by atoms with van der Waals surface area (Å²) in [7, 11) is 0. The molecule has 144 valence electrons. The summed E-state index contributed by atoms with van der Waals surface area (Å²) in [6.45, 7) is 15.2. The van der Waals surface area contributed by atoms with Crippen LogP contribution < -0.4 is 0 Å². The maximum Gasteiger partial charge on any atom is 0.339 e. The molecular formula is C18H36O6. The number of hydrogen-bond donors (Lipinski definition) is 2. The van der Waals surface area contributed by atoms with Gasteiger partial charge in [0.25, 0.3) is 5.97 Å². The Morgan fingerprint density at radius 1 is 1.17 bits per heavy atom. The van der Waals surface area contributed by atoms with Crippen LogP contribution in [0.3, 0.4) is 0 Å². The molecule has 0 spiro atoms. The second-order valence-corrected chi connectivity index (χ2v) is 5.60. The lowest BCUT2D eigenvalue weighted by molar-refractivity contribution is -0.231. The van der Waals surface area contributed by atoms with E-state index in [4.69, 9.17) is 19.9 Å². The van der Waals surface area contributed by atoms with Crippen LogP contribution >= 0.6 is 0 Å². The Hall–Kier alpha value is -1.40. The van der Waals surface area contributed by atoms with E-state index in [2.05, 4.69) is 52.5 Å². The fourth-order valence-electron chi connectivity index (χ4n) is 1.61. The number of hydrogen-bond acceptors (Lipinski definition) is 5. The van der Waals surface area contributed by atoms with Crippen LogP contribution in [-0.4, -0.2) is 34.0 Å². The van der Waals surface area contributed by atoms with Gasteiger partial charge in [0.15, 0.2) is 0 Å². The van der Waals surface area contributed by atoms with Crippen molar-refractivity contribution < 1.29 is 29.6 Å². The van der Waals surface area contributed by atoms with Gasteiger partial charge in [-0.1, -0.05) is 39.3 Å². The summed E-state index contributed by atoms with van der Waals surface area (Å²) < 4.78 is 5.40. The second kappa shape index (κ2) is 16.5. The largest absolute Gasteiger partial charge is 0.481 e. The van der Waals surface area contributed by atoms with Crippen molar-refractivity contribution in [3.05, 3.63) is 11.6 Å². The molecule has 0 saturated carbocycles. The van der Waals surface area contributed by atoms with Crippen molar-refractivity contribution in [2.75, 3.05) is 0 Å². The number of carbonyl (C=O) groups excluding carboxylic acids is 1. The molecule has 0 amide bonds. The molecule has 1 rings (SSSR count). The van der Waals surface area contributed by atoms with Gasteiger partial charge < -0.3 is 14.7 Å². The third-order valence-corrected chi connectivity index (χ3v) is 3.35. The molecule has 24 heavy (non-hydrogen) atoms. The highest BCUT2D eigenvalue weighted by atomic mass is 17.1. The van der Waals surface area contributed by atoms with Crippen molar-refractivity contribution in [2.24, 2.45) is 0 Å². The van der Waals surface area contributed by atoms with E-state index >= 15 is 0 Å². The molecule has 1 fully saturated rings. The number of aliphatic carboxylic acids is 1. The van der Waals surface area contributed by atoms with Crippen molar-refractivity contribution in [1.82, 2.24) is 0 Å². The first-order chi connectivity index (χ1) is 11.0. The predicted molar refractivity (Wildman–Crippen MR) is 95.9 cm³/mol. The van der Waals surface area contributed by atoms with Crippen molar-refractivity contribution in [3.8, 4) is 0 Å². The number of epoxide rings is 1. The molecule has 6 nitrogen and oxygen atoms in total. The molecule has 0 radical (unpaired) electrons. The normalized spacial score (nSPS) is 20.9. The maximum atomic E-state index is 9.34. The summed E-state index contributed by atoms with van der Waals surface area (Å²) in [5.74, 6) is -1.52. The van der Waals surface area contributed by atoms with Crippen LogP contribution in [0, 0.1) is 0 Å². The fourth-order valence-corrected chi connectivity index (χ4v) is 1.61. The lowest BCUT2D eigenvalue weighted by Gasteiger charge is -1.96. The highest BCUT2D eigenvalue weighted by Gasteiger charge is 2.48. The first-order valence-electron chi connectivity index (χ1n) is 8.39. The van der Waals surface area contributed by atoms with Gasteiger partial charge in [-0.3, -0.25) is 4.79 Å². The van der Waals surface area contributed by atoms with Crippen LogP contribution in [0.5, 0.6) is 0 Å². The monoisotopic (exact) mass is 348 g/mol. The Labute approximate surface area is 146 Å². The lowest BCUT2D eigenvalue weighted by atomic mass is 10.0. The van der Waals surface area contributed by atoms with Crippen molar-refractivity contribution in [2.45, 2.75) is 92.8 Å². The topological polar surface area (TPSA) is 96.4 Å². The van der Waals surface area contributed by atoms with E-state index in [-0.39, 0.29) is 5.60 Å². The molecule has 2 atom stereocenters. The van der Waals surface area contributed by atoms with Gasteiger partial charge in [-0.25, -0.2) is 4.79 Å². The van der Waals surface area contributed by atoms with Crippen LogP contribution in [0.4, 0.5) is 0 Å². The molecule has 0 aliphatic carbocycles. The molecule has 1 aliphatic heterocycles. The molecule has 2 N–H and O–H groups in total. The van der Waals surface area contributed by atoms with Gasteiger partial charge in [-0.2, -0.15) is 5.26 Å². The quantitative estimate of drug-likeness (QED) is 0.327. The third kappa shape index (κ3) is 20.6. The van der Waals surface area contributed by atoms with E-state index in [1.165, 1.54) is 24.8 Å². The standard InChI is InChI=1S/C7H14O.C7H14.C2H4O3.C2H4O2/c1-4-6-7(3,5-2)8-6;1-4-6-7(3)5-2;1-2(3)5-4;1-2(3)4/h6H,4-5H2,1-3H3;6H,4-5H2,1-3H3;4H,1H3;1H3,(H,3,4)/b;7-6-;;. The zero-order valence-electron chi connectivity index (χ0n) is 16.5. The van der Waals surface area contributed by atoms with E-state index in [1.807, 2.05) is 0 Å². The minimum atomic E-state index is -0.833. The summed E-state index contributed by atoms with van der Waals surface area (Å²) in [5.41, 5.74) is 1.76. The van der Waals surface area contributed by atoms with Crippen molar-refractivity contribution >= 4 is 11.9 Å². The van der Waals surface area contributed by atoms with E-state index in [0.717, 1.165) is 20.3 Å². The smallest absolute Gasteiger partial charge is 0.339 e. The van der Waals surface area contributed by atoms with Gasteiger partial charge in [-0.15, -0.1) is 0 Å². The molecular weight excluding hydrogens is 312 g/mol. The molecule has 1 saturated heterocycles. The van der Waals surface area contributed by atoms with E-state index in [9.17, 15) is 4.79 Å². The minimum absolute atomic E-state index is 0.259. The van der Waals surface area contributed by atoms with E-state index in [1.54, 1.807) is 0 Å². The Kier molecular flexibility index (Phi) is 18.8. The lowest BCUT2D eigenvalue weighted by Crippen LogP contribution is -2.05. The van der Waals surface area contributed by atoms with E-state index < -0.39 is 11.9 Å². The summed E-state index contributed by atoms with van der Waals surface area (Å²) >= 11 is 0. The minimum Gasteiger partial charge on any atom is -0.481 e. The Bertz CT molecular complexity index is 361. The van der Waals surface area contributed by atoms with Gasteiger partial charge in [0, 0.05) is 13.8 Å². The Balaban J connectivity index is -0.000000255. The predicted octanol–water partition coefficient (Wildman–Crippen LogP) is 4.83. The average molecular weight is 348 g/mol. The Morgan fingerprint density at radius 2 is 1.58 bits per heavy atom. The van der Waals surface area contributed by atoms with E-state index in [0.29, 0.717) is 6.10 Å². The number of rotatable bonds is 4. The van der Waals surface area contributed by atoms with Gasteiger partial charge >= 0.3 is 5.97 Å². The molecule has 0 aromatic rings. The third-order valence-electron chi connectivity index (χ3n) is 3.35. The molecule has 1 aliphatic rings. The molecule has 0 bridgehead atoms. The highest BCUT2D eigenvalue weighted by Crippen LogP contribution is 2.40. The van der Waals surface area contributed by atoms with Crippen LogP contribution in [0.15, 0.2) is 11.6 Å². The maximum absolute atomic E-state index is 9.34. The van der Waals surface area contributed by atoms with Crippen LogP contribution in [0.25, 0.3) is 0 Å². The van der Waals surface area contributed by atoms with Crippen molar-refractivity contribution in [3.63, 3.8) is 0 Å². The first kappa shape index (κ1) is 27.4. The highest BCUT2D eigenvalue weighted by molar-refractivity contribution is 5.64. The summed E-state index contributed by atoms with van der Waals surface area (Å²) in [6, 6.07) is 0. The Morgan fingerprint density at radius 3 is 1.67 bits per heavy atom. The summed E-state index contributed by atoms with van der Waals surface area (Å²) in [6.07, 6.45) is 7.54. The molecule has 1 heterocycles. The fraction of sp³-hybridized carbons (Fsp3) is 0.778. The van der Waals surface area contributed by atoms with Gasteiger partial charge in [-0.05, 0) is 39.5 Å². The number of ether oxygens (including phenoxy) is 1. The average Bonchev–Trinajstić information content (AvgIpc) is 3.19.